The number of hydrogen-bond donors (Lipinski definition) is 2. The van der Waals surface area contributed by atoms with Crippen molar-refractivity contribution in [2.24, 2.45) is 0 Å². The van der Waals surface area contributed by atoms with Crippen LogP contribution >= 0.6 is 0 Å². The van der Waals surface area contributed by atoms with Gasteiger partial charge in [-0.25, -0.2) is 0 Å². The number of anilines is 3. The minimum Gasteiger partial charge on any atom is -0.507 e. The lowest BCUT2D eigenvalue weighted by Crippen LogP contribution is -2.14. The predicted molar refractivity (Wildman–Crippen MR) is 97.0 cm³/mol. The molecule has 0 saturated heterocycles. The summed E-state index contributed by atoms with van der Waals surface area (Å²) >= 11 is 0. The summed E-state index contributed by atoms with van der Waals surface area (Å²) in [6, 6.07) is 24.0. The molecule has 1 amide bonds. The summed E-state index contributed by atoms with van der Waals surface area (Å²) in [5.74, 6) is -0.393. The number of phenols is 1. The standard InChI is InChI=1S/C20H18N2O2/c1-22(16-10-6-3-7-11-16)17-12-13-19(23)18(14-17)20(24)21-15-8-4-2-5-9-15/h2-14,23H,1H3,(H,21,24). The van der Waals surface area contributed by atoms with E-state index in [1.54, 1.807) is 24.3 Å². The molecule has 4 heteroatoms. The Balaban J connectivity index is 1.87. The van der Waals surface area contributed by atoms with Crippen molar-refractivity contribution in [3.63, 3.8) is 0 Å². The molecule has 3 aromatic rings. The van der Waals surface area contributed by atoms with Crippen molar-refractivity contribution in [2.45, 2.75) is 0 Å². The topological polar surface area (TPSA) is 52.6 Å². The Morgan fingerprint density at radius 3 is 2.17 bits per heavy atom. The summed E-state index contributed by atoms with van der Waals surface area (Å²) in [6.45, 7) is 0. The minimum atomic E-state index is -0.345. The second-order valence-corrected chi connectivity index (χ2v) is 5.42. The largest absolute Gasteiger partial charge is 0.507 e. The minimum absolute atomic E-state index is 0.0476. The highest BCUT2D eigenvalue weighted by Gasteiger charge is 2.14. The van der Waals surface area contributed by atoms with Gasteiger partial charge in [0.15, 0.2) is 0 Å². The summed E-state index contributed by atoms with van der Waals surface area (Å²) in [6.07, 6.45) is 0. The first-order valence-electron chi connectivity index (χ1n) is 7.63. The Kier molecular flexibility index (Phi) is 4.47. The van der Waals surface area contributed by atoms with Crippen molar-refractivity contribution in [2.75, 3.05) is 17.3 Å². The monoisotopic (exact) mass is 318 g/mol. The number of carbonyl (C=O) groups excluding carboxylic acids is 1. The van der Waals surface area contributed by atoms with Crippen molar-refractivity contribution >= 4 is 23.0 Å². The van der Waals surface area contributed by atoms with E-state index in [1.807, 2.05) is 60.5 Å². The van der Waals surface area contributed by atoms with Crippen LogP contribution in [-0.4, -0.2) is 18.1 Å². The number of nitrogens with one attached hydrogen (secondary N) is 1. The van der Waals surface area contributed by atoms with Gasteiger partial charge >= 0.3 is 0 Å². The quantitative estimate of drug-likeness (QED) is 0.749. The number of hydrogen-bond acceptors (Lipinski definition) is 3. The fourth-order valence-electron chi connectivity index (χ4n) is 2.44. The average Bonchev–Trinajstić information content (AvgIpc) is 2.63. The maximum Gasteiger partial charge on any atom is 0.259 e. The van der Waals surface area contributed by atoms with Gasteiger partial charge in [-0.1, -0.05) is 36.4 Å². The van der Waals surface area contributed by atoms with E-state index in [0.717, 1.165) is 11.4 Å². The molecule has 0 unspecified atom stereocenters. The number of amides is 1. The average molecular weight is 318 g/mol. The third-order valence-electron chi connectivity index (χ3n) is 3.79. The third kappa shape index (κ3) is 3.38. The van der Waals surface area contributed by atoms with Gasteiger partial charge in [-0.15, -0.1) is 0 Å². The van der Waals surface area contributed by atoms with Crippen LogP contribution in [0.25, 0.3) is 0 Å². The highest BCUT2D eigenvalue weighted by atomic mass is 16.3. The van der Waals surface area contributed by atoms with Gasteiger partial charge < -0.3 is 15.3 Å². The molecule has 0 fully saturated rings. The lowest BCUT2D eigenvalue weighted by atomic mass is 10.1. The molecule has 0 aliphatic carbocycles. The zero-order chi connectivity index (χ0) is 16.9. The molecule has 0 aliphatic heterocycles. The maximum absolute atomic E-state index is 12.5. The number of nitrogens with zero attached hydrogens (tertiary/aromatic N) is 1. The van der Waals surface area contributed by atoms with Crippen molar-refractivity contribution in [1.29, 1.82) is 0 Å². The molecule has 0 aliphatic rings. The van der Waals surface area contributed by atoms with Gasteiger partial charge in [0.05, 0.1) is 5.56 Å². The SMILES string of the molecule is CN(c1ccccc1)c1ccc(O)c(C(=O)Nc2ccccc2)c1. The highest BCUT2D eigenvalue weighted by Crippen LogP contribution is 2.28. The molecule has 2 N–H and O–H groups in total. The normalized spacial score (nSPS) is 10.2. The van der Waals surface area contributed by atoms with Crippen molar-refractivity contribution in [3.05, 3.63) is 84.4 Å². The Morgan fingerprint density at radius 1 is 0.875 bits per heavy atom. The first-order chi connectivity index (χ1) is 11.6. The molecule has 0 atom stereocenters. The molecular formula is C20H18N2O2. The Hall–Kier alpha value is -3.27. The molecule has 4 nitrogen and oxygen atoms in total. The molecule has 0 bridgehead atoms. The van der Waals surface area contributed by atoms with Gasteiger partial charge in [-0.3, -0.25) is 4.79 Å². The van der Waals surface area contributed by atoms with Crippen molar-refractivity contribution in [1.82, 2.24) is 0 Å². The zero-order valence-corrected chi connectivity index (χ0v) is 13.3. The fourth-order valence-corrected chi connectivity index (χ4v) is 2.44. The van der Waals surface area contributed by atoms with E-state index >= 15 is 0 Å². The van der Waals surface area contributed by atoms with Crippen LogP contribution in [0.3, 0.4) is 0 Å². The predicted octanol–water partition coefficient (Wildman–Crippen LogP) is 4.41. The molecule has 24 heavy (non-hydrogen) atoms. The van der Waals surface area contributed by atoms with E-state index in [1.165, 1.54) is 6.07 Å². The lowest BCUT2D eigenvalue weighted by Gasteiger charge is -2.20. The molecule has 0 radical (unpaired) electrons. The number of aromatic hydroxyl groups is 1. The first-order valence-corrected chi connectivity index (χ1v) is 7.63. The maximum atomic E-state index is 12.5. The summed E-state index contributed by atoms with van der Waals surface area (Å²) in [5, 5.41) is 12.8. The van der Waals surface area contributed by atoms with Gasteiger partial charge in [-0.05, 0) is 42.5 Å². The number of para-hydroxylation sites is 2. The number of rotatable bonds is 4. The summed E-state index contributed by atoms with van der Waals surface area (Å²) in [5.41, 5.74) is 2.73. The summed E-state index contributed by atoms with van der Waals surface area (Å²) in [4.78, 5) is 14.4. The van der Waals surface area contributed by atoms with Gasteiger partial charge in [0.25, 0.3) is 5.91 Å². The number of benzene rings is 3. The fraction of sp³-hybridized carbons (Fsp3) is 0.0500. The van der Waals surface area contributed by atoms with E-state index < -0.39 is 0 Å². The van der Waals surface area contributed by atoms with Crippen LogP contribution in [-0.2, 0) is 0 Å². The molecule has 0 aromatic heterocycles. The van der Waals surface area contributed by atoms with Gasteiger partial charge in [0.1, 0.15) is 5.75 Å². The molecular weight excluding hydrogens is 300 g/mol. The van der Waals surface area contributed by atoms with E-state index in [-0.39, 0.29) is 17.2 Å². The molecule has 3 rings (SSSR count). The van der Waals surface area contributed by atoms with Crippen LogP contribution in [0.5, 0.6) is 5.75 Å². The van der Waals surface area contributed by atoms with Gasteiger partial charge in [-0.2, -0.15) is 0 Å². The second kappa shape index (κ2) is 6.87. The van der Waals surface area contributed by atoms with E-state index in [0.29, 0.717) is 5.69 Å². The lowest BCUT2D eigenvalue weighted by molar-refractivity contribution is 0.102. The molecule has 3 aromatic carbocycles. The van der Waals surface area contributed by atoms with Crippen LogP contribution in [0.4, 0.5) is 17.1 Å². The van der Waals surface area contributed by atoms with Gasteiger partial charge in [0.2, 0.25) is 0 Å². The Labute approximate surface area is 141 Å². The molecule has 0 saturated carbocycles. The van der Waals surface area contributed by atoms with Gasteiger partial charge in [0, 0.05) is 24.1 Å². The number of phenolic OH excluding ortho intramolecular Hbond substituents is 1. The highest BCUT2D eigenvalue weighted by molar-refractivity contribution is 6.06. The van der Waals surface area contributed by atoms with Crippen molar-refractivity contribution in [3.8, 4) is 5.75 Å². The smallest absolute Gasteiger partial charge is 0.259 e. The second-order valence-electron chi connectivity index (χ2n) is 5.42. The molecule has 120 valence electrons. The molecule has 0 spiro atoms. The first kappa shape index (κ1) is 15.6. The third-order valence-corrected chi connectivity index (χ3v) is 3.79. The van der Waals surface area contributed by atoms with Crippen LogP contribution in [0.2, 0.25) is 0 Å². The summed E-state index contributed by atoms with van der Waals surface area (Å²) < 4.78 is 0. The van der Waals surface area contributed by atoms with Crippen molar-refractivity contribution < 1.29 is 9.90 Å². The van der Waals surface area contributed by atoms with E-state index in [2.05, 4.69) is 5.32 Å². The van der Waals surface area contributed by atoms with Crippen LogP contribution in [0.15, 0.2) is 78.9 Å². The van der Waals surface area contributed by atoms with E-state index in [9.17, 15) is 9.90 Å². The zero-order valence-electron chi connectivity index (χ0n) is 13.3. The Bertz CT molecular complexity index is 833. The van der Waals surface area contributed by atoms with Crippen LogP contribution in [0.1, 0.15) is 10.4 Å². The van der Waals surface area contributed by atoms with Crippen LogP contribution in [0, 0.1) is 0 Å². The molecule has 0 heterocycles. The number of carbonyl (C=O) groups is 1. The van der Waals surface area contributed by atoms with E-state index in [4.69, 9.17) is 0 Å². The summed E-state index contributed by atoms with van der Waals surface area (Å²) in [7, 11) is 1.92. The Morgan fingerprint density at radius 2 is 1.50 bits per heavy atom. The van der Waals surface area contributed by atoms with Crippen LogP contribution < -0.4 is 10.2 Å².